The van der Waals surface area contributed by atoms with Crippen molar-refractivity contribution in [3.05, 3.63) is 137 Å². The number of likely N-dealkylation sites (tertiary alicyclic amines) is 1. The van der Waals surface area contributed by atoms with E-state index in [0.29, 0.717) is 71.3 Å². The Bertz CT molecular complexity index is 3490. The standard InChI is InChI=1S/C61H68F3N13O6/c1-7-83-53-29-44(18-19-48(53)68-60-66-33-50-55(69-60)73(5)49-11-9-8-10-45(49)59(82)74(50)6)75-26-22-41(23-27-75)58(81)76-24-20-38(21-25-76)28-42-15-12-40(32-65-42)35-72(4)34-39-13-16-43(17-14-39)77-54(47-30-46(37(2)3)51(78)31-52(47)79)70-71-56(77)57(80)67-36-61(62,63)64/h8-19,29-33,37-38,41,78-79H,7,20-28,34-36H2,1-6H3,(H,67,80)(H,66,68,69). The lowest BCUT2D eigenvalue weighted by atomic mass is 9.89. The van der Waals surface area contributed by atoms with Gasteiger partial charge in [-0.3, -0.25) is 28.8 Å². The second kappa shape index (κ2) is 24.3. The smallest absolute Gasteiger partial charge is 0.405 e. The Balaban J connectivity index is 0.694. The van der Waals surface area contributed by atoms with Gasteiger partial charge < -0.3 is 45.2 Å². The number of nitrogens with zero attached hydrogens (tertiary/aromatic N) is 11. The Labute approximate surface area is 479 Å². The van der Waals surface area contributed by atoms with Crippen molar-refractivity contribution in [3.8, 4) is 34.3 Å². The maximum Gasteiger partial charge on any atom is 0.405 e. The van der Waals surface area contributed by atoms with Gasteiger partial charge in [0.1, 0.15) is 29.5 Å². The zero-order chi connectivity index (χ0) is 58.7. The third-order valence-corrected chi connectivity index (χ3v) is 15.7. The normalized spacial score (nSPS) is 15.1. The fourth-order valence-corrected chi connectivity index (χ4v) is 11.2. The average Bonchev–Trinajstić information content (AvgIpc) is 4.06. The summed E-state index contributed by atoms with van der Waals surface area (Å²) >= 11 is 0. The number of phenolic OH excluding ortho intramolecular Hbond substituents is 2. The van der Waals surface area contributed by atoms with Crippen LogP contribution in [0.1, 0.15) is 95.7 Å². The molecular weight excluding hydrogens is 1070 g/mol. The van der Waals surface area contributed by atoms with Crippen molar-refractivity contribution >= 4 is 52.2 Å². The van der Waals surface area contributed by atoms with Crippen molar-refractivity contribution in [1.29, 1.82) is 0 Å². The molecule has 3 amide bonds. The van der Waals surface area contributed by atoms with Gasteiger partial charge in [0.25, 0.3) is 11.8 Å². The first-order valence-corrected chi connectivity index (χ1v) is 28.0. The Morgan fingerprint density at radius 3 is 2.20 bits per heavy atom. The number of alkyl halides is 3. The van der Waals surface area contributed by atoms with Crippen molar-refractivity contribution < 1.29 is 42.5 Å². The molecule has 0 saturated carbocycles. The Morgan fingerprint density at radius 2 is 1.51 bits per heavy atom. The first-order chi connectivity index (χ1) is 39.8. The van der Waals surface area contributed by atoms with Crippen molar-refractivity contribution in [2.24, 2.45) is 11.8 Å². The molecule has 19 nitrogen and oxygen atoms in total. The molecule has 2 saturated heterocycles. The zero-order valence-electron chi connectivity index (χ0n) is 47.3. The number of hydrogen-bond donors (Lipinski definition) is 4. The number of nitrogens with one attached hydrogen (secondary N) is 2. The number of rotatable bonds is 17. The highest BCUT2D eigenvalue weighted by molar-refractivity contribution is 6.13. The van der Waals surface area contributed by atoms with E-state index in [2.05, 4.69) is 53.4 Å². The molecule has 434 valence electrons. The van der Waals surface area contributed by atoms with Crippen molar-refractivity contribution in [2.45, 2.75) is 78.1 Å². The molecule has 0 bridgehead atoms. The highest BCUT2D eigenvalue weighted by Crippen LogP contribution is 2.41. The minimum absolute atomic E-state index is 0.00467. The molecule has 3 aliphatic heterocycles. The van der Waals surface area contributed by atoms with E-state index < -0.39 is 24.5 Å². The molecule has 0 radical (unpaired) electrons. The number of halogens is 3. The number of benzene rings is 4. The number of aromatic nitrogens is 6. The van der Waals surface area contributed by atoms with Gasteiger partial charge in [-0.1, -0.05) is 44.2 Å². The van der Waals surface area contributed by atoms with E-state index in [1.807, 2.05) is 99.8 Å². The molecule has 3 aliphatic rings. The molecule has 4 N–H and O–H groups in total. The molecule has 10 rings (SSSR count). The second-order valence-electron chi connectivity index (χ2n) is 21.9. The molecule has 2 fully saturated rings. The third kappa shape index (κ3) is 12.8. The van der Waals surface area contributed by atoms with Crippen LogP contribution in [0.25, 0.3) is 17.1 Å². The van der Waals surface area contributed by atoms with Gasteiger partial charge in [0.15, 0.2) is 11.6 Å². The van der Waals surface area contributed by atoms with Crippen LogP contribution < -0.4 is 30.1 Å². The van der Waals surface area contributed by atoms with Crippen molar-refractivity contribution in [2.75, 3.05) is 80.5 Å². The Morgan fingerprint density at radius 1 is 0.795 bits per heavy atom. The number of hydrogen-bond acceptors (Lipinski definition) is 15. The fraction of sp³-hybridized carbons (Fsp3) is 0.377. The first kappa shape index (κ1) is 57.4. The van der Waals surface area contributed by atoms with Gasteiger partial charge in [0.05, 0.1) is 35.3 Å². The summed E-state index contributed by atoms with van der Waals surface area (Å²) in [5, 5.41) is 34.6. The van der Waals surface area contributed by atoms with E-state index >= 15 is 0 Å². The molecule has 83 heavy (non-hydrogen) atoms. The number of carbonyl (C=O) groups excluding carboxylic acids is 3. The van der Waals surface area contributed by atoms with Crippen LogP contribution in [0.3, 0.4) is 0 Å². The van der Waals surface area contributed by atoms with Gasteiger partial charge in [0.2, 0.25) is 17.7 Å². The predicted octanol–water partition coefficient (Wildman–Crippen LogP) is 9.78. The number of pyridine rings is 1. The number of ether oxygens (including phenoxy) is 1. The largest absolute Gasteiger partial charge is 0.508 e. The van der Waals surface area contributed by atoms with Crippen LogP contribution in [0.5, 0.6) is 17.2 Å². The van der Waals surface area contributed by atoms with Gasteiger partial charge >= 0.3 is 6.18 Å². The lowest BCUT2D eigenvalue weighted by Crippen LogP contribution is -2.45. The summed E-state index contributed by atoms with van der Waals surface area (Å²) in [5.41, 5.74) is 7.62. The summed E-state index contributed by atoms with van der Waals surface area (Å²) in [5.74, 6) is -0.0350. The number of fused-ring (bicyclic) bond motifs is 2. The highest BCUT2D eigenvalue weighted by atomic mass is 19.4. The molecule has 4 aromatic carbocycles. The minimum Gasteiger partial charge on any atom is -0.508 e. The van der Waals surface area contributed by atoms with Crippen LogP contribution in [0.4, 0.5) is 47.7 Å². The van der Waals surface area contributed by atoms with E-state index in [1.165, 1.54) is 10.6 Å². The van der Waals surface area contributed by atoms with Crippen LogP contribution in [0.2, 0.25) is 0 Å². The maximum atomic E-state index is 13.9. The monoisotopic (exact) mass is 1140 g/mol. The Kier molecular flexibility index (Phi) is 16.9. The molecule has 0 unspecified atom stereocenters. The van der Waals surface area contributed by atoms with Gasteiger partial charge in [0, 0.05) is 94.7 Å². The molecule has 22 heteroatoms. The molecular formula is C61H68F3N13O6. The lowest BCUT2D eigenvalue weighted by molar-refractivity contribution is -0.137. The average molecular weight is 1140 g/mol. The molecule has 3 aromatic heterocycles. The van der Waals surface area contributed by atoms with E-state index in [9.17, 15) is 37.8 Å². The number of carbonyl (C=O) groups is 3. The SMILES string of the molecule is CCOc1cc(N2CCC(C(=O)N3CCC(Cc4ccc(CN(C)Cc5ccc(-n6c(C(=O)NCC(F)(F)F)nnc6-c6cc(C(C)C)c(O)cc6O)cc5)cn4)CC3)CC2)ccc1Nc1ncc2c(n1)N(C)c1ccccc1C(=O)N2C. The number of phenols is 2. The molecule has 0 aliphatic carbocycles. The highest BCUT2D eigenvalue weighted by Gasteiger charge is 2.34. The van der Waals surface area contributed by atoms with Crippen LogP contribution >= 0.6 is 0 Å². The van der Waals surface area contributed by atoms with E-state index in [0.717, 1.165) is 92.5 Å². The lowest BCUT2D eigenvalue weighted by Gasteiger charge is -2.38. The van der Waals surface area contributed by atoms with E-state index in [4.69, 9.17) is 14.7 Å². The van der Waals surface area contributed by atoms with Crippen LogP contribution in [0, 0.1) is 11.8 Å². The predicted molar refractivity (Wildman–Crippen MR) is 310 cm³/mol. The summed E-state index contributed by atoms with van der Waals surface area (Å²) in [6, 6.07) is 27.5. The van der Waals surface area contributed by atoms with Gasteiger partial charge in [-0.25, -0.2) is 4.98 Å². The number of para-hydroxylation sites is 1. The maximum absolute atomic E-state index is 13.9. The first-order valence-electron chi connectivity index (χ1n) is 28.0. The van der Waals surface area contributed by atoms with Gasteiger partial charge in [-0.05, 0) is 123 Å². The summed E-state index contributed by atoms with van der Waals surface area (Å²) in [4.78, 5) is 64.5. The summed E-state index contributed by atoms with van der Waals surface area (Å²) < 4.78 is 46.7. The van der Waals surface area contributed by atoms with Gasteiger partial charge in [-0.15, -0.1) is 10.2 Å². The number of amides is 3. The number of piperidine rings is 2. The third-order valence-electron chi connectivity index (χ3n) is 15.7. The van der Waals surface area contributed by atoms with E-state index in [1.54, 1.807) is 30.3 Å². The second-order valence-corrected chi connectivity index (χ2v) is 21.9. The summed E-state index contributed by atoms with van der Waals surface area (Å²) in [6.07, 6.45) is 3.09. The van der Waals surface area contributed by atoms with Crippen LogP contribution in [-0.4, -0.2) is 134 Å². The number of anilines is 6. The summed E-state index contributed by atoms with van der Waals surface area (Å²) in [6.45, 7) is 8.62. The molecule has 7 aromatic rings. The van der Waals surface area contributed by atoms with Crippen LogP contribution in [-0.2, 0) is 24.3 Å². The van der Waals surface area contributed by atoms with E-state index in [-0.39, 0.29) is 46.5 Å². The number of aromatic hydroxyl groups is 2. The zero-order valence-corrected chi connectivity index (χ0v) is 47.3. The molecule has 0 spiro atoms. The quantitative estimate of drug-likeness (QED) is 0.0669. The molecule has 0 atom stereocenters. The summed E-state index contributed by atoms with van der Waals surface area (Å²) in [7, 11) is 5.60. The fourth-order valence-electron chi connectivity index (χ4n) is 11.2. The minimum atomic E-state index is -4.66. The van der Waals surface area contributed by atoms with Crippen molar-refractivity contribution in [1.82, 2.24) is 44.8 Å². The van der Waals surface area contributed by atoms with Crippen LogP contribution in [0.15, 0.2) is 103 Å². The van der Waals surface area contributed by atoms with Gasteiger partial charge in [-0.2, -0.15) is 18.2 Å². The van der Waals surface area contributed by atoms with Crippen molar-refractivity contribution in [3.63, 3.8) is 0 Å². The molecule has 6 heterocycles. The topological polar surface area (TPSA) is 211 Å². The Hall–Kier alpha value is -8.79.